The Morgan fingerprint density at radius 2 is 2.07 bits per heavy atom. The zero-order valence-electron chi connectivity index (χ0n) is 8.56. The van der Waals surface area contributed by atoms with Crippen molar-refractivity contribution >= 4 is 11.4 Å². The Kier molecular flexibility index (Phi) is 1.55. The maximum atomic E-state index is 3.69. The minimum atomic E-state index is 0.376. The fourth-order valence-corrected chi connectivity index (χ4v) is 2.42. The van der Waals surface area contributed by atoms with E-state index < -0.39 is 0 Å². The molecule has 0 unspecified atom stereocenters. The van der Waals surface area contributed by atoms with Crippen molar-refractivity contribution < 1.29 is 0 Å². The van der Waals surface area contributed by atoms with Crippen molar-refractivity contribution in [3.05, 3.63) is 23.8 Å². The third kappa shape index (κ3) is 1.10. The van der Waals surface area contributed by atoms with Crippen LogP contribution in [0.25, 0.3) is 0 Å². The van der Waals surface area contributed by atoms with E-state index >= 15 is 0 Å². The van der Waals surface area contributed by atoms with Crippen molar-refractivity contribution in [2.45, 2.75) is 31.7 Å². The lowest BCUT2D eigenvalue weighted by atomic mass is 9.75. The molecule has 1 heterocycles. The first-order chi connectivity index (χ1) is 6.77. The summed E-state index contributed by atoms with van der Waals surface area (Å²) in [5.74, 6) is 0. The van der Waals surface area contributed by atoms with Gasteiger partial charge in [0.25, 0.3) is 0 Å². The first-order valence-electron chi connectivity index (χ1n) is 5.40. The molecular formula is C12H16N2. The third-order valence-corrected chi connectivity index (χ3v) is 3.50. The van der Waals surface area contributed by atoms with Gasteiger partial charge in [0.05, 0.1) is 16.9 Å². The first-order valence-corrected chi connectivity index (χ1v) is 5.40. The van der Waals surface area contributed by atoms with Crippen LogP contribution in [0.3, 0.4) is 0 Å². The Balaban J connectivity index is 1.96. The highest BCUT2D eigenvalue weighted by molar-refractivity contribution is 5.73. The van der Waals surface area contributed by atoms with E-state index in [2.05, 4.69) is 35.8 Å². The van der Waals surface area contributed by atoms with Crippen LogP contribution in [-0.2, 0) is 0 Å². The largest absolute Gasteiger partial charge is 0.381 e. The Hall–Kier alpha value is -1.18. The highest BCUT2D eigenvalue weighted by atomic mass is 15.1. The lowest BCUT2D eigenvalue weighted by molar-refractivity contribution is 0.291. The van der Waals surface area contributed by atoms with Gasteiger partial charge >= 0.3 is 0 Å². The number of benzene rings is 1. The minimum Gasteiger partial charge on any atom is -0.381 e. The predicted molar refractivity (Wildman–Crippen MR) is 59.9 cm³/mol. The van der Waals surface area contributed by atoms with Gasteiger partial charge in [0.15, 0.2) is 0 Å². The zero-order chi connectivity index (χ0) is 9.60. The van der Waals surface area contributed by atoms with E-state index in [4.69, 9.17) is 0 Å². The Morgan fingerprint density at radius 3 is 2.79 bits per heavy atom. The summed E-state index contributed by atoms with van der Waals surface area (Å²) in [6.07, 6.45) is 4.00. The first kappa shape index (κ1) is 8.16. The third-order valence-electron chi connectivity index (χ3n) is 3.50. The molecule has 74 valence electrons. The molecule has 1 aromatic rings. The standard InChI is InChI=1S/C12H16N2/c1-9-3-4-10-11(7-9)14-12(8-13-10)5-2-6-12/h3-4,7,13-14H,2,5-6,8H2,1H3. The molecule has 2 aliphatic rings. The van der Waals surface area contributed by atoms with Crippen molar-refractivity contribution in [3.63, 3.8) is 0 Å². The van der Waals surface area contributed by atoms with E-state index in [1.54, 1.807) is 0 Å². The molecular weight excluding hydrogens is 172 g/mol. The molecule has 2 N–H and O–H groups in total. The van der Waals surface area contributed by atoms with Crippen LogP contribution < -0.4 is 10.6 Å². The Labute approximate surface area is 84.7 Å². The van der Waals surface area contributed by atoms with Crippen molar-refractivity contribution in [2.24, 2.45) is 0 Å². The highest BCUT2D eigenvalue weighted by Crippen LogP contribution is 2.41. The summed E-state index contributed by atoms with van der Waals surface area (Å²) >= 11 is 0. The van der Waals surface area contributed by atoms with E-state index in [0.717, 1.165) is 6.54 Å². The summed E-state index contributed by atoms with van der Waals surface area (Å²) in [4.78, 5) is 0. The molecule has 1 aliphatic carbocycles. The average molecular weight is 188 g/mol. The molecule has 0 aromatic heterocycles. The smallest absolute Gasteiger partial charge is 0.0583 e. The number of hydrogen-bond acceptors (Lipinski definition) is 2. The molecule has 0 amide bonds. The van der Waals surface area contributed by atoms with Crippen LogP contribution in [0.5, 0.6) is 0 Å². The molecule has 0 saturated heterocycles. The highest BCUT2D eigenvalue weighted by Gasteiger charge is 2.39. The molecule has 2 heteroatoms. The topological polar surface area (TPSA) is 24.1 Å². The fourth-order valence-electron chi connectivity index (χ4n) is 2.42. The van der Waals surface area contributed by atoms with Crippen LogP contribution in [0, 0.1) is 6.92 Å². The van der Waals surface area contributed by atoms with Crippen LogP contribution in [0.4, 0.5) is 11.4 Å². The monoisotopic (exact) mass is 188 g/mol. The number of fused-ring (bicyclic) bond motifs is 1. The van der Waals surface area contributed by atoms with Gasteiger partial charge in [0, 0.05) is 6.54 Å². The number of nitrogens with one attached hydrogen (secondary N) is 2. The molecule has 1 fully saturated rings. The number of anilines is 2. The summed E-state index contributed by atoms with van der Waals surface area (Å²) in [5, 5.41) is 7.21. The second-order valence-electron chi connectivity index (χ2n) is 4.66. The zero-order valence-corrected chi connectivity index (χ0v) is 8.56. The number of hydrogen-bond donors (Lipinski definition) is 2. The van der Waals surface area contributed by atoms with Crippen LogP contribution in [0.15, 0.2) is 18.2 Å². The Morgan fingerprint density at radius 1 is 1.21 bits per heavy atom. The minimum absolute atomic E-state index is 0.376. The van der Waals surface area contributed by atoms with Gasteiger partial charge in [-0.3, -0.25) is 0 Å². The summed E-state index contributed by atoms with van der Waals surface area (Å²) in [5.41, 5.74) is 4.25. The van der Waals surface area contributed by atoms with Gasteiger partial charge in [0.2, 0.25) is 0 Å². The van der Waals surface area contributed by atoms with Crippen LogP contribution in [0.2, 0.25) is 0 Å². The van der Waals surface area contributed by atoms with Gasteiger partial charge in [0.1, 0.15) is 0 Å². The molecule has 14 heavy (non-hydrogen) atoms. The van der Waals surface area contributed by atoms with Crippen LogP contribution in [-0.4, -0.2) is 12.1 Å². The summed E-state index contributed by atoms with van der Waals surface area (Å²) in [6, 6.07) is 6.57. The maximum absolute atomic E-state index is 3.69. The van der Waals surface area contributed by atoms with Gasteiger partial charge in [-0.05, 0) is 43.9 Å². The molecule has 0 bridgehead atoms. The summed E-state index contributed by atoms with van der Waals surface area (Å²) in [7, 11) is 0. The molecule has 1 saturated carbocycles. The van der Waals surface area contributed by atoms with Crippen molar-refractivity contribution in [1.29, 1.82) is 0 Å². The SMILES string of the molecule is Cc1ccc2c(c1)NC1(CCC1)CN2. The van der Waals surface area contributed by atoms with E-state index in [0.29, 0.717) is 5.54 Å². The van der Waals surface area contributed by atoms with E-state index in [1.165, 1.54) is 36.2 Å². The lowest BCUT2D eigenvalue weighted by Crippen LogP contribution is -2.52. The second-order valence-corrected chi connectivity index (χ2v) is 4.66. The van der Waals surface area contributed by atoms with Gasteiger partial charge in [-0.15, -0.1) is 0 Å². The lowest BCUT2D eigenvalue weighted by Gasteiger charge is -2.47. The fraction of sp³-hybridized carbons (Fsp3) is 0.500. The van der Waals surface area contributed by atoms with E-state index in [9.17, 15) is 0 Å². The molecule has 1 aliphatic heterocycles. The van der Waals surface area contributed by atoms with Crippen molar-refractivity contribution in [2.75, 3.05) is 17.2 Å². The molecule has 0 radical (unpaired) electrons. The van der Waals surface area contributed by atoms with Crippen molar-refractivity contribution in [3.8, 4) is 0 Å². The van der Waals surface area contributed by atoms with Gasteiger partial charge in [-0.25, -0.2) is 0 Å². The average Bonchev–Trinajstić information content (AvgIpc) is 2.14. The summed E-state index contributed by atoms with van der Waals surface area (Å²) < 4.78 is 0. The molecule has 0 atom stereocenters. The molecule has 2 nitrogen and oxygen atoms in total. The Bertz CT molecular complexity index is 367. The quantitative estimate of drug-likeness (QED) is 0.654. The predicted octanol–water partition coefficient (Wildman–Crippen LogP) is 2.76. The van der Waals surface area contributed by atoms with E-state index in [1.807, 2.05) is 0 Å². The molecule has 3 rings (SSSR count). The van der Waals surface area contributed by atoms with Gasteiger partial charge in [-0.2, -0.15) is 0 Å². The maximum Gasteiger partial charge on any atom is 0.0583 e. The van der Waals surface area contributed by atoms with E-state index in [-0.39, 0.29) is 0 Å². The second kappa shape index (κ2) is 2.66. The van der Waals surface area contributed by atoms with Crippen molar-refractivity contribution in [1.82, 2.24) is 0 Å². The molecule has 1 aromatic carbocycles. The summed E-state index contributed by atoms with van der Waals surface area (Å²) in [6.45, 7) is 3.23. The normalized spacial score (nSPS) is 21.8. The van der Waals surface area contributed by atoms with Gasteiger partial charge < -0.3 is 10.6 Å². The number of rotatable bonds is 0. The van der Waals surface area contributed by atoms with Crippen LogP contribution >= 0.6 is 0 Å². The number of aryl methyl sites for hydroxylation is 1. The molecule has 1 spiro atoms. The van der Waals surface area contributed by atoms with Gasteiger partial charge in [-0.1, -0.05) is 6.07 Å². The van der Waals surface area contributed by atoms with Crippen LogP contribution in [0.1, 0.15) is 24.8 Å².